The van der Waals surface area contributed by atoms with E-state index < -0.39 is 0 Å². The van der Waals surface area contributed by atoms with Crippen LogP contribution in [0.25, 0.3) is 0 Å². The zero-order chi connectivity index (χ0) is 10.8. The zero-order valence-corrected chi connectivity index (χ0v) is 10.0. The van der Waals surface area contributed by atoms with Crippen LogP contribution >= 0.6 is 22.9 Å². The molecule has 3 nitrogen and oxygen atoms in total. The highest BCUT2D eigenvalue weighted by Gasteiger charge is 2.22. The van der Waals surface area contributed by atoms with Crippen LogP contribution in [0.5, 0.6) is 0 Å². The van der Waals surface area contributed by atoms with Gasteiger partial charge in [0.1, 0.15) is 6.61 Å². The van der Waals surface area contributed by atoms with Crippen molar-refractivity contribution in [2.75, 3.05) is 20.3 Å². The van der Waals surface area contributed by atoms with E-state index in [4.69, 9.17) is 16.3 Å². The summed E-state index contributed by atoms with van der Waals surface area (Å²) in [6.45, 7) is 1.60. The van der Waals surface area contributed by atoms with Crippen molar-refractivity contribution >= 4 is 28.8 Å². The molecule has 0 aromatic carbocycles. The van der Waals surface area contributed by atoms with Gasteiger partial charge in [-0.25, -0.2) is 0 Å². The largest absolute Gasteiger partial charge is 0.375 e. The first-order valence-corrected chi connectivity index (χ1v) is 5.94. The Bertz CT molecular complexity index is 377. The van der Waals surface area contributed by atoms with Crippen LogP contribution in [0.2, 0.25) is 4.34 Å². The number of rotatable bonds is 2. The van der Waals surface area contributed by atoms with Crippen LogP contribution in [0.3, 0.4) is 0 Å². The molecule has 0 saturated heterocycles. The molecule has 2 rings (SSSR count). The summed E-state index contributed by atoms with van der Waals surface area (Å²) >= 11 is 7.54. The second-order valence-corrected chi connectivity index (χ2v) is 5.27. The average Bonchev–Trinajstić information content (AvgIpc) is 2.57. The maximum absolute atomic E-state index is 11.6. The molecule has 0 unspecified atom stereocenters. The lowest BCUT2D eigenvalue weighted by Crippen LogP contribution is -2.37. The third kappa shape index (κ3) is 2.33. The number of halogens is 1. The maximum atomic E-state index is 11.6. The molecule has 0 spiro atoms. The minimum atomic E-state index is 0.0467. The molecular weight excluding hydrogens is 234 g/mol. The Morgan fingerprint density at radius 2 is 2.53 bits per heavy atom. The van der Waals surface area contributed by atoms with Crippen molar-refractivity contribution in [2.24, 2.45) is 0 Å². The molecule has 1 aliphatic rings. The smallest absolute Gasteiger partial charge is 0.248 e. The van der Waals surface area contributed by atoms with Crippen molar-refractivity contribution in [3.8, 4) is 0 Å². The van der Waals surface area contributed by atoms with Gasteiger partial charge in [-0.05, 0) is 18.1 Å². The first-order chi connectivity index (χ1) is 7.20. The highest BCUT2D eigenvalue weighted by molar-refractivity contribution is 7.16. The summed E-state index contributed by atoms with van der Waals surface area (Å²) in [6.07, 6.45) is 0.905. The minimum absolute atomic E-state index is 0.0467. The van der Waals surface area contributed by atoms with Crippen LogP contribution in [0.15, 0.2) is 6.07 Å². The van der Waals surface area contributed by atoms with Crippen molar-refractivity contribution in [2.45, 2.75) is 13.0 Å². The molecule has 0 N–H and O–H groups in total. The summed E-state index contributed by atoms with van der Waals surface area (Å²) < 4.78 is 5.64. The van der Waals surface area contributed by atoms with Gasteiger partial charge in [0.05, 0.1) is 4.34 Å². The standard InChI is InChI=1S/C10H12ClNO2S/c1-14-6-10(13)12-3-2-8-7(5-12)4-9(11)15-8/h4H,2-3,5-6H2,1H3. The molecule has 1 aromatic heterocycles. The van der Waals surface area contributed by atoms with E-state index in [9.17, 15) is 4.79 Å². The second kappa shape index (κ2) is 4.51. The zero-order valence-electron chi connectivity index (χ0n) is 8.46. The van der Waals surface area contributed by atoms with Crippen LogP contribution in [-0.4, -0.2) is 31.1 Å². The third-order valence-corrected chi connectivity index (χ3v) is 3.82. The number of carbonyl (C=O) groups excluding carboxylic acids is 1. The summed E-state index contributed by atoms with van der Waals surface area (Å²) in [6, 6.07) is 1.95. The molecule has 82 valence electrons. The number of nitrogens with zero attached hydrogens (tertiary/aromatic N) is 1. The Kier molecular flexibility index (Phi) is 3.29. The average molecular weight is 246 g/mol. The maximum Gasteiger partial charge on any atom is 0.248 e. The van der Waals surface area contributed by atoms with Gasteiger partial charge in [0.25, 0.3) is 0 Å². The Hall–Kier alpha value is -0.580. The van der Waals surface area contributed by atoms with Gasteiger partial charge in [-0.1, -0.05) is 11.6 Å². The van der Waals surface area contributed by atoms with Gasteiger partial charge >= 0.3 is 0 Å². The monoisotopic (exact) mass is 245 g/mol. The molecule has 1 aromatic rings. The van der Waals surface area contributed by atoms with Crippen LogP contribution in [0, 0.1) is 0 Å². The Balaban J connectivity index is 2.08. The number of amides is 1. The highest BCUT2D eigenvalue weighted by atomic mass is 35.5. The molecule has 2 heterocycles. The van der Waals surface area contributed by atoms with Gasteiger partial charge in [0, 0.05) is 25.1 Å². The molecule has 1 amide bonds. The second-order valence-electron chi connectivity index (χ2n) is 3.50. The lowest BCUT2D eigenvalue weighted by molar-refractivity contribution is -0.136. The molecular formula is C10H12ClNO2S. The van der Waals surface area contributed by atoms with E-state index in [-0.39, 0.29) is 12.5 Å². The van der Waals surface area contributed by atoms with E-state index in [1.165, 1.54) is 17.6 Å². The van der Waals surface area contributed by atoms with Gasteiger partial charge in [-0.2, -0.15) is 0 Å². The summed E-state index contributed by atoms with van der Waals surface area (Å²) in [4.78, 5) is 14.7. The molecule has 0 atom stereocenters. The number of hydrogen-bond acceptors (Lipinski definition) is 3. The Labute approximate surface area is 97.6 Å². The van der Waals surface area contributed by atoms with E-state index in [0.29, 0.717) is 6.54 Å². The molecule has 0 radical (unpaired) electrons. The van der Waals surface area contributed by atoms with Gasteiger partial charge in [-0.15, -0.1) is 11.3 Å². The van der Waals surface area contributed by atoms with Crippen molar-refractivity contribution in [3.63, 3.8) is 0 Å². The Morgan fingerprint density at radius 3 is 3.27 bits per heavy atom. The predicted molar refractivity (Wildman–Crippen MR) is 60.3 cm³/mol. The van der Waals surface area contributed by atoms with E-state index in [2.05, 4.69) is 0 Å². The fourth-order valence-corrected chi connectivity index (χ4v) is 3.02. The Morgan fingerprint density at radius 1 is 1.73 bits per heavy atom. The van der Waals surface area contributed by atoms with Gasteiger partial charge < -0.3 is 9.64 Å². The van der Waals surface area contributed by atoms with Crippen LogP contribution in [-0.2, 0) is 22.5 Å². The first kappa shape index (κ1) is 10.9. The first-order valence-electron chi connectivity index (χ1n) is 4.74. The number of hydrogen-bond donors (Lipinski definition) is 0. The molecule has 0 fully saturated rings. The fourth-order valence-electron chi connectivity index (χ4n) is 1.72. The van der Waals surface area contributed by atoms with Crippen molar-refractivity contribution in [1.29, 1.82) is 0 Å². The molecule has 1 aliphatic heterocycles. The van der Waals surface area contributed by atoms with Crippen molar-refractivity contribution in [1.82, 2.24) is 4.90 Å². The molecule has 15 heavy (non-hydrogen) atoms. The van der Waals surface area contributed by atoms with Gasteiger partial charge in [0.2, 0.25) is 5.91 Å². The number of methoxy groups -OCH3 is 1. The molecule has 0 bridgehead atoms. The van der Waals surface area contributed by atoms with Gasteiger partial charge in [0.15, 0.2) is 0 Å². The molecule has 5 heteroatoms. The van der Waals surface area contributed by atoms with E-state index in [1.807, 2.05) is 11.0 Å². The van der Waals surface area contributed by atoms with Crippen LogP contribution in [0.1, 0.15) is 10.4 Å². The summed E-state index contributed by atoms with van der Waals surface area (Å²) in [5.41, 5.74) is 1.18. The van der Waals surface area contributed by atoms with E-state index in [1.54, 1.807) is 11.3 Å². The molecule has 0 saturated carbocycles. The summed E-state index contributed by atoms with van der Waals surface area (Å²) in [5, 5.41) is 0. The SMILES string of the molecule is COCC(=O)N1CCc2sc(Cl)cc2C1. The normalized spacial score (nSPS) is 15.2. The quantitative estimate of drug-likeness (QED) is 0.797. The number of carbonyl (C=O) groups is 1. The van der Waals surface area contributed by atoms with Crippen LogP contribution < -0.4 is 0 Å². The summed E-state index contributed by atoms with van der Waals surface area (Å²) in [7, 11) is 1.54. The van der Waals surface area contributed by atoms with E-state index in [0.717, 1.165) is 17.3 Å². The minimum Gasteiger partial charge on any atom is -0.375 e. The predicted octanol–water partition coefficient (Wildman–Crippen LogP) is 1.93. The lowest BCUT2D eigenvalue weighted by Gasteiger charge is -2.26. The number of thiophene rings is 1. The third-order valence-electron chi connectivity index (χ3n) is 2.46. The highest BCUT2D eigenvalue weighted by Crippen LogP contribution is 2.31. The topological polar surface area (TPSA) is 29.5 Å². The molecule has 0 aliphatic carbocycles. The summed E-state index contributed by atoms with van der Waals surface area (Å²) in [5.74, 6) is 0.0467. The lowest BCUT2D eigenvalue weighted by atomic mass is 10.1. The number of fused-ring (bicyclic) bond motifs is 1. The number of ether oxygens (including phenoxy) is 1. The van der Waals surface area contributed by atoms with E-state index >= 15 is 0 Å². The van der Waals surface area contributed by atoms with Crippen molar-refractivity contribution in [3.05, 3.63) is 20.8 Å². The van der Waals surface area contributed by atoms with Crippen molar-refractivity contribution < 1.29 is 9.53 Å². The fraction of sp³-hybridized carbons (Fsp3) is 0.500. The van der Waals surface area contributed by atoms with Gasteiger partial charge in [-0.3, -0.25) is 4.79 Å². The van der Waals surface area contributed by atoms with Crippen LogP contribution in [0.4, 0.5) is 0 Å².